The van der Waals surface area contributed by atoms with Gasteiger partial charge < -0.3 is 4.90 Å². The third-order valence-electron chi connectivity index (χ3n) is 5.32. The topological polar surface area (TPSA) is 54.5 Å². The van der Waals surface area contributed by atoms with E-state index in [0.29, 0.717) is 21.0 Å². The monoisotopic (exact) mass is 409 g/mol. The molecule has 1 amide bonds. The van der Waals surface area contributed by atoms with E-state index in [1.54, 1.807) is 18.2 Å². The van der Waals surface area contributed by atoms with E-state index in [-0.39, 0.29) is 28.6 Å². The summed E-state index contributed by atoms with van der Waals surface area (Å²) in [6, 6.07) is 7.13. The number of thiophene rings is 1. The molecule has 3 heterocycles. The minimum absolute atomic E-state index is 0.0111. The average molecular weight is 410 g/mol. The van der Waals surface area contributed by atoms with Crippen molar-refractivity contribution >= 4 is 38.7 Å². The Balaban J connectivity index is 1.78. The van der Waals surface area contributed by atoms with Gasteiger partial charge >= 0.3 is 0 Å². The zero-order valence-electron chi connectivity index (χ0n) is 14.7. The molecule has 0 radical (unpaired) electrons. The summed E-state index contributed by atoms with van der Waals surface area (Å²) in [5.41, 5.74) is 1.37. The first-order valence-corrected chi connectivity index (χ1v) is 11.6. The fraction of sp³-hybridized carbons (Fsp3) is 0.421. The highest BCUT2D eigenvalue weighted by molar-refractivity contribution is 7.91. The second kappa shape index (κ2) is 6.36. The third kappa shape index (κ3) is 2.88. The number of hydrogen-bond acceptors (Lipinski definition) is 4. The van der Waals surface area contributed by atoms with Crippen LogP contribution in [0.25, 0.3) is 10.4 Å². The Morgan fingerprint density at radius 3 is 2.58 bits per heavy atom. The van der Waals surface area contributed by atoms with Gasteiger partial charge in [-0.05, 0) is 56.9 Å². The predicted molar refractivity (Wildman–Crippen MR) is 105 cm³/mol. The van der Waals surface area contributed by atoms with Gasteiger partial charge in [0.05, 0.1) is 15.5 Å². The van der Waals surface area contributed by atoms with Crippen LogP contribution in [0.15, 0.2) is 29.2 Å². The molecular formula is C19H20ClNO3S2. The molecule has 2 aliphatic rings. The smallest absolute Gasteiger partial charge is 0.264 e. The molecule has 0 N–H and O–H groups in total. The fourth-order valence-electron chi connectivity index (χ4n) is 4.04. The van der Waals surface area contributed by atoms with Crippen LogP contribution in [0, 0.1) is 0 Å². The Bertz CT molecular complexity index is 986. The van der Waals surface area contributed by atoms with E-state index in [0.717, 1.165) is 24.1 Å². The van der Waals surface area contributed by atoms with E-state index in [2.05, 4.69) is 13.8 Å². The number of rotatable bonds is 1. The summed E-state index contributed by atoms with van der Waals surface area (Å²) in [5, 5.41) is 0.402. The molecule has 4 nitrogen and oxygen atoms in total. The number of sulfone groups is 1. The van der Waals surface area contributed by atoms with E-state index in [4.69, 9.17) is 11.6 Å². The van der Waals surface area contributed by atoms with Crippen LogP contribution in [-0.4, -0.2) is 31.3 Å². The molecule has 2 aliphatic heterocycles. The van der Waals surface area contributed by atoms with Crippen LogP contribution >= 0.6 is 22.9 Å². The van der Waals surface area contributed by atoms with Crippen molar-refractivity contribution in [2.24, 2.45) is 0 Å². The standard InChI is InChI=1S/C19H20ClNO3S2/c1-11-4-3-5-12(2)21(11)19(22)16-8-13-10-26(23,24)17-9-14(20)6-7-15(17)18(13)25-16/h6-9,11-12H,3-5,10H2,1-2H3/t11-,12+. The second-order valence-corrected chi connectivity index (χ2v) is 10.7. The van der Waals surface area contributed by atoms with Crippen LogP contribution in [0.3, 0.4) is 0 Å². The number of likely N-dealkylation sites (tertiary alicyclic amines) is 1. The van der Waals surface area contributed by atoms with Crippen molar-refractivity contribution in [2.75, 3.05) is 0 Å². The van der Waals surface area contributed by atoms with Crippen LogP contribution in [0.1, 0.15) is 48.3 Å². The Morgan fingerprint density at radius 1 is 1.19 bits per heavy atom. The highest BCUT2D eigenvalue weighted by Gasteiger charge is 2.34. The second-order valence-electron chi connectivity index (χ2n) is 7.21. The van der Waals surface area contributed by atoms with Crippen LogP contribution in [0.5, 0.6) is 0 Å². The Morgan fingerprint density at radius 2 is 1.88 bits per heavy atom. The maximum Gasteiger partial charge on any atom is 0.264 e. The number of carbonyl (C=O) groups excluding carboxylic acids is 1. The highest BCUT2D eigenvalue weighted by atomic mass is 35.5. The van der Waals surface area contributed by atoms with E-state index in [9.17, 15) is 13.2 Å². The van der Waals surface area contributed by atoms with Crippen molar-refractivity contribution in [3.8, 4) is 10.4 Å². The van der Waals surface area contributed by atoms with Crippen LogP contribution in [0.2, 0.25) is 5.02 Å². The summed E-state index contributed by atoms with van der Waals surface area (Å²) in [7, 11) is -3.44. The molecule has 0 saturated carbocycles. The molecule has 138 valence electrons. The highest BCUT2D eigenvalue weighted by Crippen LogP contribution is 2.44. The molecule has 0 spiro atoms. The summed E-state index contributed by atoms with van der Waals surface area (Å²) in [6.45, 7) is 4.17. The SMILES string of the molecule is C[C@@H]1CCC[C@H](C)N1C(=O)c1cc2c(s1)-c1ccc(Cl)cc1S(=O)(=O)C2. The van der Waals surface area contributed by atoms with Crippen molar-refractivity contribution in [2.45, 2.75) is 55.8 Å². The minimum Gasteiger partial charge on any atom is -0.333 e. The Hall–Kier alpha value is -1.37. The van der Waals surface area contributed by atoms with Crippen molar-refractivity contribution in [3.63, 3.8) is 0 Å². The van der Waals surface area contributed by atoms with Gasteiger partial charge in [-0.25, -0.2) is 8.42 Å². The van der Waals surface area contributed by atoms with Gasteiger partial charge in [0, 0.05) is 27.5 Å². The lowest BCUT2D eigenvalue weighted by molar-refractivity contribution is 0.0516. The molecule has 4 rings (SSSR count). The summed E-state index contributed by atoms with van der Waals surface area (Å²) in [4.78, 5) is 16.8. The average Bonchev–Trinajstić information content (AvgIpc) is 2.97. The molecule has 0 unspecified atom stereocenters. The lowest BCUT2D eigenvalue weighted by atomic mass is 9.97. The molecule has 1 saturated heterocycles. The van der Waals surface area contributed by atoms with Gasteiger partial charge in [0.1, 0.15) is 0 Å². The number of halogens is 1. The predicted octanol–water partition coefficient (Wildman–Crippen LogP) is 4.76. The zero-order valence-corrected chi connectivity index (χ0v) is 17.0. The minimum atomic E-state index is -3.44. The van der Waals surface area contributed by atoms with Gasteiger partial charge in [0.2, 0.25) is 0 Å². The first kappa shape index (κ1) is 18.0. The van der Waals surface area contributed by atoms with Gasteiger partial charge in [-0.1, -0.05) is 17.7 Å². The van der Waals surface area contributed by atoms with Crippen LogP contribution in [0.4, 0.5) is 0 Å². The van der Waals surface area contributed by atoms with Crippen molar-refractivity contribution in [1.82, 2.24) is 4.90 Å². The van der Waals surface area contributed by atoms with E-state index in [1.807, 2.05) is 4.90 Å². The number of nitrogens with zero attached hydrogens (tertiary/aromatic N) is 1. The number of benzene rings is 1. The molecule has 26 heavy (non-hydrogen) atoms. The first-order valence-electron chi connectivity index (χ1n) is 8.76. The van der Waals surface area contributed by atoms with E-state index < -0.39 is 9.84 Å². The Labute approximate surface area is 162 Å². The molecule has 0 bridgehead atoms. The summed E-state index contributed by atoms with van der Waals surface area (Å²) in [5.74, 6) is -0.0677. The quantitative estimate of drug-likeness (QED) is 0.682. The van der Waals surface area contributed by atoms with Gasteiger partial charge in [0.15, 0.2) is 9.84 Å². The number of piperidine rings is 1. The van der Waals surface area contributed by atoms with E-state index in [1.165, 1.54) is 17.4 Å². The fourth-order valence-corrected chi connectivity index (χ4v) is 7.20. The molecule has 7 heteroatoms. The van der Waals surface area contributed by atoms with Gasteiger partial charge in [-0.3, -0.25) is 4.79 Å². The lowest BCUT2D eigenvalue weighted by Gasteiger charge is -2.38. The molecule has 2 atom stereocenters. The zero-order chi connectivity index (χ0) is 18.6. The first-order chi connectivity index (χ1) is 12.3. The maximum atomic E-state index is 13.1. The van der Waals surface area contributed by atoms with E-state index >= 15 is 0 Å². The van der Waals surface area contributed by atoms with Crippen molar-refractivity contribution < 1.29 is 13.2 Å². The van der Waals surface area contributed by atoms with Crippen molar-refractivity contribution in [3.05, 3.63) is 39.7 Å². The van der Waals surface area contributed by atoms with Gasteiger partial charge in [-0.15, -0.1) is 11.3 Å². The number of hydrogen-bond donors (Lipinski definition) is 0. The number of fused-ring (bicyclic) bond motifs is 3. The van der Waals surface area contributed by atoms with Crippen LogP contribution < -0.4 is 0 Å². The number of amides is 1. The maximum absolute atomic E-state index is 13.1. The summed E-state index contributed by atoms with van der Waals surface area (Å²) >= 11 is 7.39. The normalized spacial score (nSPS) is 24.0. The van der Waals surface area contributed by atoms with Gasteiger partial charge in [-0.2, -0.15) is 0 Å². The van der Waals surface area contributed by atoms with Gasteiger partial charge in [0.25, 0.3) is 5.91 Å². The molecule has 1 fully saturated rings. The van der Waals surface area contributed by atoms with Crippen LogP contribution in [-0.2, 0) is 15.6 Å². The molecule has 0 aliphatic carbocycles. The molecular weight excluding hydrogens is 390 g/mol. The molecule has 2 aromatic rings. The Kier molecular flexibility index (Phi) is 4.40. The molecule has 1 aromatic heterocycles. The molecule has 1 aromatic carbocycles. The number of carbonyl (C=O) groups is 1. The summed E-state index contributed by atoms with van der Waals surface area (Å²) in [6.07, 6.45) is 3.16. The largest absolute Gasteiger partial charge is 0.333 e. The summed E-state index contributed by atoms with van der Waals surface area (Å²) < 4.78 is 25.2. The third-order valence-corrected chi connectivity index (χ3v) is 8.45. The van der Waals surface area contributed by atoms with Crippen molar-refractivity contribution in [1.29, 1.82) is 0 Å². The lowest BCUT2D eigenvalue weighted by Crippen LogP contribution is -2.47.